The topological polar surface area (TPSA) is 89.8 Å². The van der Waals surface area contributed by atoms with E-state index >= 15 is 0 Å². The molecule has 1 aromatic rings. The lowest BCUT2D eigenvalue weighted by molar-refractivity contribution is 0.0519. The van der Waals surface area contributed by atoms with Gasteiger partial charge in [-0.25, -0.2) is 9.59 Å². The number of esters is 1. The Kier molecular flexibility index (Phi) is 7.09. The van der Waals surface area contributed by atoms with Crippen LogP contribution in [0.5, 0.6) is 0 Å². The van der Waals surface area contributed by atoms with Gasteiger partial charge in [-0.3, -0.25) is 0 Å². The van der Waals surface area contributed by atoms with Crippen LogP contribution in [0.15, 0.2) is 16.5 Å². The fraction of sp³-hybridized carbons (Fsp3) is 0.625. The summed E-state index contributed by atoms with van der Waals surface area (Å²) in [4.78, 5) is 22.9. The minimum atomic E-state index is -0.516. The van der Waals surface area contributed by atoms with E-state index in [0.29, 0.717) is 18.8 Å². The van der Waals surface area contributed by atoms with Gasteiger partial charge in [-0.2, -0.15) is 0 Å². The minimum absolute atomic E-state index is 0.0641. The van der Waals surface area contributed by atoms with E-state index in [1.54, 1.807) is 12.1 Å². The number of rotatable bonds is 7. The van der Waals surface area contributed by atoms with Crippen molar-refractivity contribution in [2.75, 3.05) is 13.7 Å². The molecule has 0 spiro atoms. The number of ether oxygens (including phenoxy) is 2. The molecule has 0 saturated heterocycles. The second-order valence-corrected chi connectivity index (χ2v) is 6.13. The summed E-state index contributed by atoms with van der Waals surface area (Å²) >= 11 is 0. The molecule has 2 N–H and O–H groups in total. The molecular formula is C16H26N2O5. The zero-order chi connectivity index (χ0) is 17.5. The first-order chi connectivity index (χ1) is 10.7. The SMILES string of the molecule is CCC(CNC(=O)OC(C)(C)C)NCc1ccc(C(=O)OC)o1. The summed E-state index contributed by atoms with van der Waals surface area (Å²) < 4.78 is 15.1. The lowest BCUT2D eigenvalue weighted by Crippen LogP contribution is -2.42. The molecule has 0 saturated carbocycles. The molecular weight excluding hydrogens is 300 g/mol. The van der Waals surface area contributed by atoms with E-state index in [2.05, 4.69) is 15.4 Å². The number of nitrogens with one attached hydrogen (secondary N) is 2. The highest BCUT2D eigenvalue weighted by Crippen LogP contribution is 2.09. The van der Waals surface area contributed by atoms with E-state index in [4.69, 9.17) is 9.15 Å². The molecule has 1 rings (SSSR count). The van der Waals surface area contributed by atoms with Gasteiger partial charge in [0.05, 0.1) is 13.7 Å². The van der Waals surface area contributed by atoms with Crippen molar-refractivity contribution in [3.05, 3.63) is 23.7 Å². The average molecular weight is 326 g/mol. The number of alkyl carbamates (subject to hydrolysis) is 1. The molecule has 1 unspecified atom stereocenters. The predicted octanol–water partition coefficient (Wildman–Crippen LogP) is 2.46. The van der Waals surface area contributed by atoms with Crippen molar-refractivity contribution in [2.24, 2.45) is 0 Å². The van der Waals surface area contributed by atoms with Gasteiger partial charge >= 0.3 is 12.1 Å². The third kappa shape index (κ3) is 7.19. The Hall–Kier alpha value is -2.02. The summed E-state index contributed by atoms with van der Waals surface area (Å²) in [5.74, 6) is 0.292. The van der Waals surface area contributed by atoms with Crippen LogP contribution in [0.2, 0.25) is 0 Å². The van der Waals surface area contributed by atoms with E-state index in [1.807, 2.05) is 27.7 Å². The zero-order valence-electron chi connectivity index (χ0n) is 14.4. The Balaban J connectivity index is 2.40. The highest BCUT2D eigenvalue weighted by molar-refractivity contribution is 5.86. The number of amides is 1. The largest absolute Gasteiger partial charge is 0.463 e. The minimum Gasteiger partial charge on any atom is -0.463 e. The Morgan fingerprint density at radius 3 is 2.57 bits per heavy atom. The Bertz CT molecular complexity index is 519. The van der Waals surface area contributed by atoms with E-state index in [-0.39, 0.29) is 11.8 Å². The third-order valence-electron chi connectivity index (χ3n) is 3.00. The zero-order valence-corrected chi connectivity index (χ0v) is 14.4. The lowest BCUT2D eigenvalue weighted by Gasteiger charge is -2.22. The first-order valence-electron chi connectivity index (χ1n) is 7.62. The molecule has 1 atom stereocenters. The molecule has 1 aromatic heterocycles. The van der Waals surface area contributed by atoms with Crippen LogP contribution in [0.4, 0.5) is 4.79 Å². The number of hydrogen-bond acceptors (Lipinski definition) is 6. The number of carbonyl (C=O) groups is 2. The maximum atomic E-state index is 11.6. The third-order valence-corrected chi connectivity index (χ3v) is 3.00. The molecule has 7 nitrogen and oxygen atoms in total. The van der Waals surface area contributed by atoms with Crippen molar-refractivity contribution < 1.29 is 23.5 Å². The van der Waals surface area contributed by atoms with Crippen LogP contribution in [-0.4, -0.2) is 37.4 Å². The van der Waals surface area contributed by atoms with Gasteiger partial charge in [0.15, 0.2) is 0 Å². The van der Waals surface area contributed by atoms with E-state index in [1.165, 1.54) is 7.11 Å². The summed E-state index contributed by atoms with van der Waals surface area (Å²) in [5, 5.41) is 5.99. The number of hydrogen-bond donors (Lipinski definition) is 2. The van der Waals surface area contributed by atoms with Gasteiger partial charge < -0.3 is 24.5 Å². The second-order valence-electron chi connectivity index (χ2n) is 6.13. The van der Waals surface area contributed by atoms with Gasteiger partial charge in [-0.05, 0) is 39.3 Å². The Labute approximate surface area is 136 Å². The molecule has 0 radical (unpaired) electrons. The number of carbonyl (C=O) groups excluding carboxylic acids is 2. The summed E-state index contributed by atoms with van der Waals surface area (Å²) in [5.41, 5.74) is -0.516. The molecule has 0 aliphatic rings. The smallest absolute Gasteiger partial charge is 0.407 e. The fourth-order valence-corrected chi connectivity index (χ4v) is 1.81. The quantitative estimate of drug-likeness (QED) is 0.748. The van der Waals surface area contributed by atoms with Gasteiger partial charge in [0.1, 0.15) is 11.4 Å². The van der Waals surface area contributed by atoms with Crippen LogP contribution < -0.4 is 10.6 Å². The van der Waals surface area contributed by atoms with Gasteiger partial charge in [-0.1, -0.05) is 6.92 Å². The van der Waals surface area contributed by atoms with Crippen molar-refractivity contribution in [1.29, 1.82) is 0 Å². The molecule has 1 heterocycles. The maximum Gasteiger partial charge on any atom is 0.407 e. The van der Waals surface area contributed by atoms with Gasteiger partial charge in [0.2, 0.25) is 5.76 Å². The molecule has 23 heavy (non-hydrogen) atoms. The van der Waals surface area contributed by atoms with E-state index in [9.17, 15) is 9.59 Å². The van der Waals surface area contributed by atoms with Crippen molar-refractivity contribution in [3.63, 3.8) is 0 Å². The standard InChI is InChI=1S/C16H26N2O5/c1-6-11(9-18-15(20)23-16(2,3)4)17-10-12-7-8-13(22-12)14(19)21-5/h7-8,11,17H,6,9-10H2,1-5H3,(H,18,20). The van der Waals surface area contributed by atoms with Crippen molar-refractivity contribution in [2.45, 2.75) is 52.3 Å². The van der Waals surface area contributed by atoms with Crippen molar-refractivity contribution >= 4 is 12.1 Å². The van der Waals surface area contributed by atoms with Crippen LogP contribution in [-0.2, 0) is 16.0 Å². The molecule has 1 amide bonds. The molecule has 0 aliphatic heterocycles. The first-order valence-corrected chi connectivity index (χ1v) is 7.62. The summed E-state index contributed by atoms with van der Waals surface area (Å²) in [6.45, 7) is 8.35. The highest BCUT2D eigenvalue weighted by atomic mass is 16.6. The van der Waals surface area contributed by atoms with Gasteiger partial charge in [-0.15, -0.1) is 0 Å². The number of furan rings is 1. The first kappa shape index (κ1) is 19.0. The van der Waals surface area contributed by atoms with Crippen LogP contribution in [0.1, 0.15) is 50.4 Å². The molecule has 130 valence electrons. The fourth-order valence-electron chi connectivity index (χ4n) is 1.81. The monoisotopic (exact) mass is 326 g/mol. The summed E-state index contributed by atoms with van der Waals surface area (Å²) in [6, 6.07) is 3.35. The van der Waals surface area contributed by atoms with Crippen LogP contribution in [0.25, 0.3) is 0 Å². The summed E-state index contributed by atoms with van der Waals surface area (Å²) in [7, 11) is 1.30. The normalized spacial score (nSPS) is 12.6. The van der Waals surface area contributed by atoms with Crippen molar-refractivity contribution in [1.82, 2.24) is 10.6 Å². The van der Waals surface area contributed by atoms with Crippen LogP contribution in [0, 0.1) is 0 Å². The van der Waals surface area contributed by atoms with Gasteiger partial charge in [0.25, 0.3) is 0 Å². The van der Waals surface area contributed by atoms with Crippen LogP contribution >= 0.6 is 0 Å². The molecule has 0 bridgehead atoms. The highest BCUT2D eigenvalue weighted by Gasteiger charge is 2.17. The lowest BCUT2D eigenvalue weighted by atomic mass is 10.2. The van der Waals surface area contributed by atoms with E-state index < -0.39 is 17.7 Å². The molecule has 0 aliphatic carbocycles. The number of methoxy groups -OCH3 is 1. The maximum absolute atomic E-state index is 11.6. The summed E-state index contributed by atoms with van der Waals surface area (Å²) in [6.07, 6.45) is 0.379. The van der Waals surface area contributed by atoms with Crippen LogP contribution in [0.3, 0.4) is 0 Å². The second kappa shape index (κ2) is 8.57. The average Bonchev–Trinajstić information content (AvgIpc) is 2.93. The molecule has 7 heteroatoms. The van der Waals surface area contributed by atoms with Gasteiger partial charge in [0, 0.05) is 12.6 Å². The molecule has 0 fully saturated rings. The Morgan fingerprint density at radius 1 is 1.30 bits per heavy atom. The van der Waals surface area contributed by atoms with Crippen molar-refractivity contribution in [3.8, 4) is 0 Å². The Morgan fingerprint density at radius 2 is 2.00 bits per heavy atom. The van der Waals surface area contributed by atoms with E-state index in [0.717, 1.165) is 6.42 Å². The molecule has 0 aromatic carbocycles. The predicted molar refractivity (Wildman–Crippen MR) is 85.2 cm³/mol.